The number of benzene rings is 1. The number of hydrogen-bond acceptors (Lipinski definition) is 3. The van der Waals surface area contributed by atoms with Gasteiger partial charge in [-0.3, -0.25) is 0 Å². The van der Waals surface area contributed by atoms with Crippen molar-refractivity contribution in [2.45, 2.75) is 0 Å². The first kappa shape index (κ1) is 11.4. The number of carboxylic acid groups (broad SMARTS) is 1. The van der Waals surface area contributed by atoms with Gasteiger partial charge in [-0.25, -0.2) is 4.79 Å². The van der Waals surface area contributed by atoms with Gasteiger partial charge >= 0.3 is 5.97 Å². The van der Waals surface area contributed by atoms with Gasteiger partial charge in [0.25, 0.3) is 0 Å². The Morgan fingerprint density at radius 3 is 2.69 bits per heavy atom. The van der Waals surface area contributed by atoms with Crippen LogP contribution in [0.2, 0.25) is 0 Å². The van der Waals surface area contributed by atoms with E-state index in [1.54, 1.807) is 6.07 Å². The SMILES string of the molecule is O=C(O)c1c(Br)cccc1N1CCNCC1. The molecule has 1 saturated heterocycles. The molecule has 0 spiro atoms. The molecule has 86 valence electrons. The highest BCUT2D eigenvalue weighted by Crippen LogP contribution is 2.28. The lowest BCUT2D eigenvalue weighted by atomic mass is 10.1. The molecule has 0 saturated carbocycles. The van der Waals surface area contributed by atoms with Crippen LogP contribution in [0, 0.1) is 0 Å². The molecule has 1 aromatic rings. The van der Waals surface area contributed by atoms with Gasteiger partial charge in [0, 0.05) is 30.7 Å². The molecule has 2 N–H and O–H groups in total. The third-order valence-corrected chi connectivity index (χ3v) is 3.32. The highest BCUT2D eigenvalue weighted by molar-refractivity contribution is 9.10. The van der Waals surface area contributed by atoms with Crippen LogP contribution in [-0.4, -0.2) is 37.3 Å². The molecule has 0 amide bonds. The Kier molecular flexibility index (Phi) is 3.46. The molecule has 5 heteroatoms. The summed E-state index contributed by atoms with van der Waals surface area (Å²) in [5.41, 5.74) is 1.15. The Hall–Kier alpha value is -1.07. The van der Waals surface area contributed by atoms with Crippen LogP contribution in [0.3, 0.4) is 0 Å². The van der Waals surface area contributed by atoms with Gasteiger partial charge in [-0.1, -0.05) is 6.07 Å². The minimum absolute atomic E-state index is 0.351. The van der Waals surface area contributed by atoms with E-state index in [9.17, 15) is 9.90 Å². The van der Waals surface area contributed by atoms with Crippen molar-refractivity contribution in [2.75, 3.05) is 31.1 Å². The molecule has 1 aromatic carbocycles. The number of carbonyl (C=O) groups is 1. The topological polar surface area (TPSA) is 52.6 Å². The minimum Gasteiger partial charge on any atom is -0.478 e. The molecule has 1 aliphatic rings. The average molecular weight is 285 g/mol. The number of anilines is 1. The third-order valence-electron chi connectivity index (χ3n) is 2.66. The minimum atomic E-state index is -0.888. The number of rotatable bonds is 2. The Balaban J connectivity index is 2.38. The lowest BCUT2D eigenvalue weighted by Gasteiger charge is -2.30. The first-order valence-corrected chi connectivity index (χ1v) is 5.97. The van der Waals surface area contributed by atoms with E-state index in [0.29, 0.717) is 10.0 Å². The summed E-state index contributed by atoms with van der Waals surface area (Å²) in [7, 11) is 0. The fourth-order valence-electron chi connectivity index (χ4n) is 1.89. The predicted molar refractivity (Wildman–Crippen MR) is 66.2 cm³/mol. The zero-order valence-corrected chi connectivity index (χ0v) is 10.3. The number of piperazine rings is 1. The summed E-state index contributed by atoms with van der Waals surface area (Å²) in [6.45, 7) is 3.48. The number of halogens is 1. The van der Waals surface area contributed by atoms with Crippen molar-refractivity contribution in [3.63, 3.8) is 0 Å². The largest absolute Gasteiger partial charge is 0.478 e. The van der Waals surface area contributed by atoms with Crippen molar-refractivity contribution in [1.29, 1.82) is 0 Å². The summed E-state index contributed by atoms with van der Waals surface area (Å²) in [5, 5.41) is 12.5. The van der Waals surface area contributed by atoms with E-state index in [0.717, 1.165) is 31.9 Å². The molecular formula is C11H13BrN2O2. The van der Waals surface area contributed by atoms with E-state index < -0.39 is 5.97 Å². The van der Waals surface area contributed by atoms with Gasteiger partial charge in [-0.15, -0.1) is 0 Å². The summed E-state index contributed by atoms with van der Waals surface area (Å²) >= 11 is 3.29. The van der Waals surface area contributed by atoms with E-state index in [4.69, 9.17) is 0 Å². The Morgan fingerprint density at radius 2 is 2.06 bits per heavy atom. The van der Waals surface area contributed by atoms with Crippen molar-refractivity contribution in [3.8, 4) is 0 Å². The second kappa shape index (κ2) is 4.84. The van der Waals surface area contributed by atoms with Crippen molar-refractivity contribution in [1.82, 2.24) is 5.32 Å². The number of nitrogens with one attached hydrogen (secondary N) is 1. The molecule has 0 aliphatic carbocycles. The summed E-state index contributed by atoms with van der Waals surface area (Å²) in [4.78, 5) is 13.3. The molecule has 0 aromatic heterocycles. The van der Waals surface area contributed by atoms with Crippen LogP contribution in [0.4, 0.5) is 5.69 Å². The summed E-state index contributed by atoms with van der Waals surface area (Å²) in [6, 6.07) is 5.49. The normalized spacial score (nSPS) is 16.2. The molecule has 16 heavy (non-hydrogen) atoms. The number of hydrogen-bond donors (Lipinski definition) is 2. The highest BCUT2D eigenvalue weighted by atomic mass is 79.9. The van der Waals surface area contributed by atoms with Gasteiger partial charge in [0.15, 0.2) is 0 Å². The van der Waals surface area contributed by atoms with Crippen molar-refractivity contribution < 1.29 is 9.90 Å². The second-order valence-corrected chi connectivity index (χ2v) is 4.53. The molecule has 0 bridgehead atoms. The monoisotopic (exact) mass is 284 g/mol. The maximum atomic E-state index is 11.2. The number of nitrogens with zero attached hydrogens (tertiary/aromatic N) is 1. The van der Waals surface area contributed by atoms with Gasteiger partial charge in [-0.2, -0.15) is 0 Å². The molecule has 2 rings (SSSR count). The van der Waals surface area contributed by atoms with Crippen LogP contribution in [0.25, 0.3) is 0 Å². The van der Waals surface area contributed by atoms with Crippen LogP contribution in [0.15, 0.2) is 22.7 Å². The first-order chi connectivity index (χ1) is 7.70. The first-order valence-electron chi connectivity index (χ1n) is 5.17. The molecule has 0 atom stereocenters. The van der Waals surface area contributed by atoms with Gasteiger partial charge in [0.05, 0.1) is 11.3 Å². The Morgan fingerprint density at radius 1 is 1.38 bits per heavy atom. The van der Waals surface area contributed by atoms with E-state index >= 15 is 0 Å². The zero-order valence-electron chi connectivity index (χ0n) is 8.74. The van der Waals surface area contributed by atoms with Gasteiger partial charge in [0.1, 0.15) is 0 Å². The van der Waals surface area contributed by atoms with Crippen LogP contribution in [0.5, 0.6) is 0 Å². The van der Waals surface area contributed by atoms with Crippen LogP contribution < -0.4 is 10.2 Å². The highest BCUT2D eigenvalue weighted by Gasteiger charge is 2.19. The third kappa shape index (κ3) is 2.20. The maximum absolute atomic E-state index is 11.2. The summed E-state index contributed by atoms with van der Waals surface area (Å²) in [6.07, 6.45) is 0. The molecule has 4 nitrogen and oxygen atoms in total. The summed E-state index contributed by atoms with van der Waals surface area (Å²) < 4.78 is 0.635. The standard InChI is InChI=1S/C11H13BrN2O2/c12-8-2-1-3-9(10(8)11(15)16)14-6-4-13-5-7-14/h1-3,13H,4-7H2,(H,15,16). The lowest BCUT2D eigenvalue weighted by molar-refractivity contribution is 0.0696. The molecule has 0 unspecified atom stereocenters. The smallest absolute Gasteiger partial charge is 0.338 e. The lowest BCUT2D eigenvalue weighted by Crippen LogP contribution is -2.44. The van der Waals surface area contributed by atoms with E-state index in [-0.39, 0.29) is 0 Å². The average Bonchev–Trinajstić information content (AvgIpc) is 2.29. The van der Waals surface area contributed by atoms with Crippen LogP contribution >= 0.6 is 15.9 Å². The number of aromatic carboxylic acids is 1. The van der Waals surface area contributed by atoms with E-state index in [1.165, 1.54) is 0 Å². The molecule has 1 fully saturated rings. The van der Waals surface area contributed by atoms with Crippen molar-refractivity contribution >= 4 is 27.6 Å². The number of carboxylic acids is 1. The van der Waals surface area contributed by atoms with Crippen LogP contribution in [0.1, 0.15) is 10.4 Å². The Bertz CT molecular complexity index is 403. The fraction of sp³-hybridized carbons (Fsp3) is 0.364. The van der Waals surface area contributed by atoms with Gasteiger partial charge in [-0.05, 0) is 28.1 Å². The van der Waals surface area contributed by atoms with E-state index in [2.05, 4.69) is 26.1 Å². The van der Waals surface area contributed by atoms with Crippen molar-refractivity contribution in [3.05, 3.63) is 28.2 Å². The van der Waals surface area contributed by atoms with Crippen LogP contribution in [-0.2, 0) is 0 Å². The quantitative estimate of drug-likeness (QED) is 0.866. The van der Waals surface area contributed by atoms with Crippen molar-refractivity contribution in [2.24, 2.45) is 0 Å². The van der Waals surface area contributed by atoms with Gasteiger partial charge in [0.2, 0.25) is 0 Å². The molecule has 1 heterocycles. The molecule has 1 aliphatic heterocycles. The zero-order chi connectivity index (χ0) is 11.5. The fourth-order valence-corrected chi connectivity index (χ4v) is 2.42. The van der Waals surface area contributed by atoms with E-state index in [1.807, 2.05) is 12.1 Å². The second-order valence-electron chi connectivity index (χ2n) is 3.68. The maximum Gasteiger partial charge on any atom is 0.338 e. The molecular weight excluding hydrogens is 272 g/mol. The van der Waals surface area contributed by atoms with Gasteiger partial charge < -0.3 is 15.3 Å². The Labute approximate surface area is 102 Å². The summed E-state index contributed by atoms with van der Waals surface area (Å²) in [5.74, 6) is -0.888. The molecule has 0 radical (unpaired) electrons. The predicted octanol–water partition coefficient (Wildman–Crippen LogP) is 1.56.